The van der Waals surface area contributed by atoms with Crippen LogP contribution < -0.4 is 4.90 Å². The van der Waals surface area contributed by atoms with Crippen molar-refractivity contribution in [3.05, 3.63) is 30.1 Å². The molecule has 1 rings (SSSR count). The van der Waals surface area contributed by atoms with Crippen LogP contribution in [0.25, 0.3) is 0 Å². The molecule has 0 atom stereocenters. The molecule has 0 bridgehead atoms. The standard InChI is InChI=1S/C13H21N3O/c1-5-6-16(7-8-17)13-14-11(4)9-12(15-13)10(2)3/h5,9-10,17H,1,6-8H2,2-4H3. The van der Waals surface area contributed by atoms with Crippen molar-refractivity contribution in [2.75, 3.05) is 24.6 Å². The summed E-state index contributed by atoms with van der Waals surface area (Å²) in [6.07, 6.45) is 1.79. The second kappa shape index (κ2) is 6.35. The molecule has 0 radical (unpaired) electrons. The lowest BCUT2D eigenvalue weighted by Gasteiger charge is -2.21. The van der Waals surface area contributed by atoms with Crippen molar-refractivity contribution in [1.82, 2.24) is 9.97 Å². The van der Waals surface area contributed by atoms with E-state index < -0.39 is 0 Å². The van der Waals surface area contributed by atoms with Crippen molar-refractivity contribution in [3.63, 3.8) is 0 Å². The third-order valence-corrected chi connectivity index (χ3v) is 2.46. The van der Waals surface area contributed by atoms with Crippen LogP contribution in [-0.2, 0) is 0 Å². The molecule has 1 N–H and O–H groups in total. The fraction of sp³-hybridized carbons (Fsp3) is 0.538. The lowest BCUT2D eigenvalue weighted by molar-refractivity contribution is 0.302. The first-order chi connectivity index (χ1) is 8.08. The Labute approximate surface area is 103 Å². The number of aliphatic hydroxyl groups is 1. The average molecular weight is 235 g/mol. The quantitative estimate of drug-likeness (QED) is 0.765. The van der Waals surface area contributed by atoms with Crippen LogP contribution in [0.1, 0.15) is 31.2 Å². The minimum Gasteiger partial charge on any atom is -0.395 e. The van der Waals surface area contributed by atoms with Gasteiger partial charge in [0.05, 0.1) is 6.61 Å². The van der Waals surface area contributed by atoms with Gasteiger partial charge in [0.15, 0.2) is 0 Å². The van der Waals surface area contributed by atoms with Crippen molar-refractivity contribution < 1.29 is 5.11 Å². The summed E-state index contributed by atoms with van der Waals surface area (Å²) in [5.41, 5.74) is 1.98. The van der Waals surface area contributed by atoms with Crippen molar-refractivity contribution in [3.8, 4) is 0 Å². The highest BCUT2D eigenvalue weighted by Crippen LogP contribution is 2.16. The van der Waals surface area contributed by atoms with Crippen LogP contribution in [0.3, 0.4) is 0 Å². The van der Waals surface area contributed by atoms with Gasteiger partial charge in [-0.2, -0.15) is 0 Å². The smallest absolute Gasteiger partial charge is 0.226 e. The number of aromatic nitrogens is 2. The zero-order valence-corrected chi connectivity index (χ0v) is 10.8. The Morgan fingerprint density at radius 1 is 1.47 bits per heavy atom. The number of hydrogen-bond acceptors (Lipinski definition) is 4. The van der Waals surface area contributed by atoms with Gasteiger partial charge in [0, 0.05) is 24.5 Å². The number of aliphatic hydroxyl groups excluding tert-OH is 1. The largest absolute Gasteiger partial charge is 0.395 e. The van der Waals surface area contributed by atoms with Gasteiger partial charge < -0.3 is 10.0 Å². The van der Waals surface area contributed by atoms with Crippen molar-refractivity contribution in [1.29, 1.82) is 0 Å². The zero-order valence-electron chi connectivity index (χ0n) is 10.8. The van der Waals surface area contributed by atoms with Gasteiger partial charge in [-0.1, -0.05) is 19.9 Å². The molecule has 0 fully saturated rings. The first-order valence-electron chi connectivity index (χ1n) is 5.90. The van der Waals surface area contributed by atoms with Crippen molar-refractivity contribution >= 4 is 5.95 Å². The summed E-state index contributed by atoms with van der Waals surface area (Å²) in [4.78, 5) is 10.9. The van der Waals surface area contributed by atoms with E-state index >= 15 is 0 Å². The normalized spacial score (nSPS) is 10.6. The lowest BCUT2D eigenvalue weighted by atomic mass is 10.1. The van der Waals surface area contributed by atoms with Crippen LogP contribution in [0.15, 0.2) is 18.7 Å². The molecule has 1 aromatic heterocycles. The number of aryl methyl sites for hydroxylation is 1. The molecule has 94 valence electrons. The van der Waals surface area contributed by atoms with Gasteiger partial charge in [-0.15, -0.1) is 6.58 Å². The Kier molecular flexibility index (Phi) is 5.10. The van der Waals surface area contributed by atoms with Gasteiger partial charge in [0.1, 0.15) is 0 Å². The molecule has 0 aliphatic rings. The zero-order chi connectivity index (χ0) is 12.8. The minimum absolute atomic E-state index is 0.0855. The van der Waals surface area contributed by atoms with E-state index in [4.69, 9.17) is 5.11 Å². The van der Waals surface area contributed by atoms with E-state index in [0.29, 0.717) is 25.0 Å². The first-order valence-corrected chi connectivity index (χ1v) is 5.90. The van der Waals surface area contributed by atoms with Gasteiger partial charge in [-0.05, 0) is 18.9 Å². The molecular weight excluding hydrogens is 214 g/mol. The molecule has 0 aliphatic heterocycles. The molecule has 0 amide bonds. The topological polar surface area (TPSA) is 49.2 Å². The predicted molar refractivity (Wildman–Crippen MR) is 70.4 cm³/mol. The van der Waals surface area contributed by atoms with Gasteiger partial charge in [0.25, 0.3) is 0 Å². The molecule has 17 heavy (non-hydrogen) atoms. The summed E-state index contributed by atoms with van der Waals surface area (Å²) < 4.78 is 0. The highest BCUT2D eigenvalue weighted by molar-refractivity contribution is 5.34. The van der Waals surface area contributed by atoms with Crippen LogP contribution in [0.5, 0.6) is 0 Å². The maximum Gasteiger partial charge on any atom is 0.226 e. The van der Waals surface area contributed by atoms with E-state index in [9.17, 15) is 0 Å². The molecule has 0 saturated carbocycles. The highest BCUT2D eigenvalue weighted by atomic mass is 16.3. The Balaban J connectivity index is 3.04. The van der Waals surface area contributed by atoms with Crippen LogP contribution in [0.4, 0.5) is 5.95 Å². The maximum atomic E-state index is 9.04. The van der Waals surface area contributed by atoms with Gasteiger partial charge >= 0.3 is 0 Å². The first kappa shape index (κ1) is 13.6. The molecule has 0 unspecified atom stereocenters. The Bertz CT molecular complexity index is 377. The number of nitrogens with zero attached hydrogens (tertiary/aromatic N) is 3. The third-order valence-electron chi connectivity index (χ3n) is 2.46. The molecular formula is C13H21N3O. The number of anilines is 1. The monoisotopic (exact) mass is 235 g/mol. The van der Waals surface area contributed by atoms with Crippen LogP contribution in [0.2, 0.25) is 0 Å². The molecule has 0 aromatic carbocycles. The fourth-order valence-electron chi connectivity index (χ4n) is 1.56. The second-order valence-electron chi connectivity index (χ2n) is 4.35. The molecule has 0 spiro atoms. The number of hydrogen-bond donors (Lipinski definition) is 1. The van der Waals surface area contributed by atoms with E-state index in [1.807, 2.05) is 17.9 Å². The maximum absolute atomic E-state index is 9.04. The average Bonchev–Trinajstić information content (AvgIpc) is 2.28. The van der Waals surface area contributed by atoms with Crippen molar-refractivity contribution in [2.24, 2.45) is 0 Å². The van der Waals surface area contributed by atoms with Gasteiger partial charge in [-0.3, -0.25) is 0 Å². The summed E-state index contributed by atoms with van der Waals surface area (Å²) in [5, 5.41) is 9.04. The lowest BCUT2D eigenvalue weighted by Crippen LogP contribution is -2.29. The summed E-state index contributed by atoms with van der Waals surface area (Å²) >= 11 is 0. The Morgan fingerprint density at radius 3 is 2.71 bits per heavy atom. The van der Waals surface area contributed by atoms with E-state index in [1.165, 1.54) is 0 Å². The van der Waals surface area contributed by atoms with Crippen molar-refractivity contribution in [2.45, 2.75) is 26.7 Å². The molecule has 1 heterocycles. The van der Waals surface area contributed by atoms with E-state index in [0.717, 1.165) is 11.4 Å². The number of rotatable bonds is 6. The Hall–Kier alpha value is -1.42. The SMILES string of the molecule is C=CCN(CCO)c1nc(C)cc(C(C)C)n1. The predicted octanol–water partition coefficient (Wildman–Crippen LogP) is 1.89. The van der Waals surface area contributed by atoms with Crippen LogP contribution >= 0.6 is 0 Å². The minimum atomic E-state index is 0.0855. The van der Waals surface area contributed by atoms with Gasteiger partial charge in [-0.25, -0.2) is 9.97 Å². The highest BCUT2D eigenvalue weighted by Gasteiger charge is 2.11. The molecule has 0 aliphatic carbocycles. The molecule has 4 heteroatoms. The fourth-order valence-corrected chi connectivity index (χ4v) is 1.56. The summed E-state index contributed by atoms with van der Waals surface area (Å²) in [6, 6.07) is 2.00. The second-order valence-corrected chi connectivity index (χ2v) is 4.35. The third kappa shape index (κ3) is 3.82. The van der Waals surface area contributed by atoms with Crippen LogP contribution in [-0.4, -0.2) is 34.8 Å². The Morgan fingerprint density at radius 2 is 2.18 bits per heavy atom. The van der Waals surface area contributed by atoms with E-state index in [2.05, 4.69) is 30.4 Å². The van der Waals surface area contributed by atoms with Gasteiger partial charge in [0.2, 0.25) is 5.95 Å². The van der Waals surface area contributed by atoms with Crippen LogP contribution in [0, 0.1) is 6.92 Å². The molecule has 0 saturated heterocycles. The summed E-state index contributed by atoms with van der Waals surface area (Å²) in [6.45, 7) is 11.1. The summed E-state index contributed by atoms with van der Waals surface area (Å²) in [7, 11) is 0. The molecule has 4 nitrogen and oxygen atoms in total. The van der Waals surface area contributed by atoms with E-state index in [-0.39, 0.29) is 6.61 Å². The van der Waals surface area contributed by atoms with E-state index in [1.54, 1.807) is 6.08 Å². The molecule has 1 aromatic rings. The summed E-state index contributed by atoms with van der Waals surface area (Å²) in [5.74, 6) is 1.04.